The summed E-state index contributed by atoms with van der Waals surface area (Å²) in [5.41, 5.74) is -0.606. The van der Waals surface area contributed by atoms with E-state index in [-0.39, 0.29) is 33.2 Å². The third kappa shape index (κ3) is 5.91. The van der Waals surface area contributed by atoms with Gasteiger partial charge in [0.25, 0.3) is 0 Å². The van der Waals surface area contributed by atoms with Crippen molar-refractivity contribution in [2.45, 2.75) is 30.1 Å². The van der Waals surface area contributed by atoms with Gasteiger partial charge in [-0.2, -0.15) is 35.1 Å². The van der Waals surface area contributed by atoms with Crippen molar-refractivity contribution in [3.63, 3.8) is 0 Å². The first-order valence-corrected chi connectivity index (χ1v) is 11.6. The van der Waals surface area contributed by atoms with Crippen LogP contribution in [-0.4, -0.2) is 42.8 Å². The zero-order chi connectivity index (χ0) is 26.9. The van der Waals surface area contributed by atoms with Crippen LogP contribution in [0, 0.1) is 0 Å². The van der Waals surface area contributed by atoms with Crippen LogP contribution in [0.2, 0.25) is 0 Å². The summed E-state index contributed by atoms with van der Waals surface area (Å²) in [6, 6.07) is 8.03. The molecule has 0 unspecified atom stereocenters. The Morgan fingerprint density at radius 1 is 0.833 bits per heavy atom. The van der Waals surface area contributed by atoms with E-state index < -0.39 is 46.0 Å². The van der Waals surface area contributed by atoms with Crippen LogP contribution < -0.4 is 4.74 Å². The van der Waals surface area contributed by atoms with Crippen molar-refractivity contribution in [1.29, 1.82) is 0 Å². The summed E-state index contributed by atoms with van der Waals surface area (Å²) < 4.78 is 131. The zero-order valence-corrected chi connectivity index (χ0v) is 19.0. The summed E-state index contributed by atoms with van der Waals surface area (Å²) in [6.45, 7) is -0.602. The third-order valence-electron chi connectivity index (χ3n) is 4.93. The molecule has 0 N–H and O–H groups in total. The number of pyridine rings is 2. The van der Waals surface area contributed by atoms with Crippen LogP contribution in [-0.2, 0) is 16.0 Å². The maximum atomic E-state index is 13.0. The third-order valence-corrected chi connectivity index (χ3v) is 6.70. The molecule has 0 aliphatic heterocycles. The molecule has 0 bridgehead atoms. The molecule has 2 heterocycles. The number of sulfone groups is 1. The molecule has 0 aliphatic carbocycles. The quantitative estimate of drug-likeness (QED) is 0.334. The van der Waals surface area contributed by atoms with Crippen molar-refractivity contribution in [1.82, 2.24) is 9.97 Å². The Balaban J connectivity index is 1.95. The van der Waals surface area contributed by atoms with Crippen molar-refractivity contribution in [2.24, 2.45) is 0 Å². The average molecular weight is 540 g/mol. The molecule has 0 saturated heterocycles. The van der Waals surface area contributed by atoms with Crippen LogP contribution in [0.3, 0.4) is 0 Å². The fraction of sp³-hybridized carbons (Fsp3) is 0.273. The van der Waals surface area contributed by atoms with Crippen LogP contribution in [0.5, 0.6) is 5.75 Å². The largest absolute Gasteiger partial charge is 0.485 e. The molecule has 3 aromatic rings. The lowest BCUT2D eigenvalue weighted by Crippen LogP contribution is -2.41. The number of hydrogen-bond donors (Lipinski definition) is 0. The van der Waals surface area contributed by atoms with Crippen LogP contribution in [0.1, 0.15) is 12.5 Å². The maximum absolute atomic E-state index is 13.0. The SMILES string of the molecule is CCS(=O)(=O)c1cc(-c2ccc(C(F)(F)F)cn2)ccc1-c1ccc(OCC(F)(F)C(F)(F)F)cn1. The normalized spacial score (nSPS) is 13.0. The van der Waals surface area contributed by atoms with Crippen molar-refractivity contribution in [3.05, 3.63) is 60.4 Å². The Labute approximate surface area is 199 Å². The maximum Gasteiger partial charge on any atom is 0.456 e. The van der Waals surface area contributed by atoms with Gasteiger partial charge >= 0.3 is 18.3 Å². The molecule has 0 saturated carbocycles. The highest BCUT2D eigenvalue weighted by Gasteiger charge is 2.58. The van der Waals surface area contributed by atoms with Crippen molar-refractivity contribution in [3.8, 4) is 28.3 Å². The van der Waals surface area contributed by atoms with E-state index in [9.17, 15) is 43.5 Å². The minimum Gasteiger partial charge on any atom is -0.485 e. The minimum atomic E-state index is -5.80. The van der Waals surface area contributed by atoms with E-state index in [2.05, 4.69) is 14.7 Å². The first-order valence-electron chi connectivity index (χ1n) is 9.99. The van der Waals surface area contributed by atoms with Crippen molar-refractivity contribution in [2.75, 3.05) is 12.4 Å². The molecule has 14 heteroatoms. The molecular formula is C22H16F8N2O3S. The number of nitrogens with zero attached hydrogens (tertiary/aromatic N) is 2. The first kappa shape index (κ1) is 27.3. The van der Waals surface area contributed by atoms with Crippen LogP contribution in [0.4, 0.5) is 35.1 Å². The summed E-state index contributed by atoms with van der Waals surface area (Å²) in [5, 5.41) is 0. The fourth-order valence-corrected chi connectivity index (χ4v) is 4.04. The van der Waals surface area contributed by atoms with E-state index in [1.54, 1.807) is 0 Å². The fourth-order valence-electron chi connectivity index (χ4n) is 2.92. The van der Waals surface area contributed by atoms with Gasteiger partial charge in [0.05, 0.1) is 33.8 Å². The highest BCUT2D eigenvalue weighted by Crippen LogP contribution is 2.36. The topological polar surface area (TPSA) is 69.2 Å². The highest BCUT2D eigenvalue weighted by atomic mass is 32.2. The number of benzene rings is 1. The molecule has 0 aliphatic rings. The van der Waals surface area contributed by atoms with E-state index >= 15 is 0 Å². The first-order chi connectivity index (χ1) is 16.5. The Kier molecular flexibility index (Phi) is 7.31. The van der Waals surface area contributed by atoms with Crippen molar-refractivity contribution >= 4 is 9.84 Å². The number of halogens is 8. The minimum absolute atomic E-state index is 0.0314. The lowest BCUT2D eigenvalue weighted by atomic mass is 10.1. The molecular weight excluding hydrogens is 524 g/mol. The highest BCUT2D eigenvalue weighted by molar-refractivity contribution is 7.91. The molecule has 5 nitrogen and oxygen atoms in total. The molecule has 0 amide bonds. The van der Waals surface area contributed by atoms with Crippen molar-refractivity contribution < 1.29 is 48.3 Å². The van der Waals surface area contributed by atoms with E-state index in [4.69, 9.17) is 0 Å². The van der Waals surface area contributed by atoms with Gasteiger partial charge in [-0.3, -0.25) is 9.97 Å². The molecule has 0 radical (unpaired) electrons. The van der Waals surface area contributed by atoms with Gasteiger partial charge in [0.1, 0.15) is 5.75 Å². The predicted molar refractivity (Wildman–Crippen MR) is 112 cm³/mol. The Bertz CT molecular complexity index is 1320. The number of hydrogen-bond acceptors (Lipinski definition) is 5. The second-order valence-electron chi connectivity index (χ2n) is 7.41. The molecule has 2 aromatic heterocycles. The van der Waals surface area contributed by atoms with Gasteiger partial charge in [-0.15, -0.1) is 0 Å². The Morgan fingerprint density at radius 2 is 1.47 bits per heavy atom. The number of alkyl halides is 8. The lowest BCUT2D eigenvalue weighted by molar-refractivity contribution is -0.290. The van der Waals surface area contributed by atoms with Crippen LogP contribution >= 0.6 is 0 Å². The summed E-state index contributed by atoms with van der Waals surface area (Å²) in [5.74, 6) is -5.83. The van der Waals surface area contributed by atoms with Gasteiger partial charge < -0.3 is 4.74 Å². The van der Waals surface area contributed by atoms with Gasteiger partial charge in [-0.1, -0.05) is 19.1 Å². The van der Waals surface area contributed by atoms with Gasteiger partial charge in [0.2, 0.25) is 0 Å². The zero-order valence-electron chi connectivity index (χ0n) is 18.2. The molecule has 0 atom stereocenters. The average Bonchev–Trinajstić information content (AvgIpc) is 2.81. The van der Waals surface area contributed by atoms with Crippen LogP contribution in [0.25, 0.3) is 22.5 Å². The smallest absolute Gasteiger partial charge is 0.456 e. The summed E-state index contributed by atoms with van der Waals surface area (Å²) in [6.07, 6.45) is -8.93. The second kappa shape index (κ2) is 9.64. The number of aromatic nitrogens is 2. The van der Waals surface area contributed by atoms with Gasteiger partial charge in [0, 0.05) is 17.3 Å². The van der Waals surface area contributed by atoms with E-state index in [1.165, 1.54) is 31.2 Å². The lowest BCUT2D eigenvalue weighted by Gasteiger charge is -2.19. The molecule has 0 spiro atoms. The molecule has 36 heavy (non-hydrogen) atoms. The van der Waals surface area contributed by atoms with Gasteiger partial charge in [-0.25, -0.2) is 8.42 Å². The molecule has 194 valence electrons. The van der Waals surface area contributed by atoms with Crippen LogP contribution in [0.15, 0.2) is 59.8 Å². The number of rotatable bonds is 7. The standard InChI is InChI=1S/C22H16F8N2O3S/c1-2-36(33,34)19-9-13(17-7-4-14(10-31-17)21(25,26)27)3-6-16(19)18-8-5-15(11-32-18)35-12-20(23,24)22(28,29)30/h3-11H,2,12H2,1H3. The second-order valence-corrected chi connectivity index (χ2v) is 9.66. The molecule has 3 rings (SSSR count). The summed E-state index contributed by atoms with van der Waals surface area (Å²) >= 11 is 0. The Hall–Kier alpha value is -3.29. The monoisotopic (exact) mass is 540 g/mol. The predicted octanol–water partition coefficient (Wildman–Crippen LogP) is 6.20. The van der Waals surface area contributed by atoms with Gasteiger partial charge in [0.15, 0.2) is 16.4 Å². The summed E-state index contributed by atoms with van der Waals surface area (Å²) in [4.78, 5) is 7.42. The van der Waals surface area contributed by atoms with Gasteiger partial charge in [-0.05, 0) is 30.3 Å². The van der Waals surface area contributed by atoms with E-state index in [1.807, 2.05) is 0 Å². The van der Waals surface area contributed by atoms with E-state index in [0.29, 0.717) is 6.20 Å². The van der Waals surface area contributed by atoms with E-state index in [0.717, 1.165) is 24.4 Å². The molecule has 1 aromatic carbocycles. The number of ether oxygens (including phenoxy) is 1. The summed E-state index contributed by atoms with van der Waals surface area (Å²) in [7, 11) is -3.90. The molecule has 0 fully saturated rings. The Morgan fingerprint density at radius 3 is 1.97 bits per heavy atom.